The zero-order valence-electron chi connectivity index (χ0n) is 17.8. The number of ether oxygens (including phenoxy) is 1. The summed E-state index contributed by atoms with van der Waals surface area (Å²) >= 11 is 0. The molecule has 1 aromatic rings. The average Bonchev–Trinajstić information content (AvgIpc) is 3.13. The molecule has 1 aromatic carbocycles. The van der Waals surface area contributed by atoms with Crippen molar-refractivity contribution in [2.24, 2.45) is 5.92 Å². The van der Waals surface area contributed by atoms with Crippen molar-refractivity contribution in [3.8, 4) is 0 Å². The van der Waals surface area contributed by atoms with E-state index < -0.39 is 27.8 Å². The number of likely N-dealkylation sites (tertiary alicyclic amines) is 1. The van der Waals surface area contributed by atoms with Crippen LogP contribution < -0.4 is 5.32 Å². The minimum absolute atomic E-state index is 0.0561. The molecule has 2 fully saturated rings. The van der Waals surface area contributed by atoms with E-state index in [-0.39, 0.29) is 29.5 Å². The van der Waals surface area contributed by atoms with E-state index in [4.69, 9.17) is 4.74 Å². The van der Waals surface area contributed by atoms with Gasteiger partial charge in [-0.05, 0) is 38.3 Å². The first-order chi connectivity index (χ1) is 14.7. The van der Waals surface area contributed by atoms with Crippen molar-refractivity contribution in [3.05, 3.63) is 30.3 Å². The Labute approximate surface area is 182 Å². The number of nitrogens with one attached hydrogen (secondary N) is 1. The van der Waals surface area contributed by atoms with Crippen molar-refractivity contribution in [2.45, 2.75) is 38.3 Å². The van der Waals surface area contributed by atoms with Gasteiger partial charge in [-0.3, -0.25) is 9.59 Å². The van der Waals surface area contributed by atoms with E-state index >= 15 is 0 Å². The van der Waals surface area contributed by atoms with E-state index in [1.807, 2.05) is 18.2 Å². The van der Waals surface area contributed by atoms with Crippen LogP contribution in [0.1, 0.15) is 26.2 Å². The number of sulfone groups is 1. The molecule has 0 bridgehead atoms. The Hall–Kier alpha value is -2.62. The minimum Gasteiger partial charge on any atom is -0.452 e. The standard InChI is InChI=1S/C21H29N3O6S/c1-15(19(25)23(2)18-10-13-31(28,29)14-18)30-20(26)16-8-11-24(12-9-16)21(27)22-17-6-4-3-5-7-17/h3-7,15-16,18H,8-14H2,1-2H3,(H,22,27)/t15-,18-/m1/s1. The summed E-state index contributed by atoms with van der Waals surface area (Å²) in [7, 11) is -1.57. The van der Waals surface area contributed by atoms with Gasteiger partial charge in [-0.25, -0.2) is 13.2 Å². The summed E-state index contributed by atoms with van der Waals surface area (Å²) in [4.78, 5) is 40.5. The van der Waals surface area contributed by atoms with E-state index in [2.05, 4.69) is 5.32 Å². The van der Waals surface area contributed by atoms with Crippen LogP contribution in [0, 0.1) is 5.92 Å². The number of benzene rings is 1. The van der Waals surface area contributed by atoms with Gasteiger partial charge in [0.1, 0.15) is 0 Å². The zero-order chi connectivity index (χ0) is 22.6. The van der Waals surface area contributed by atoms with Gasteiger partial charge in [0, 0.05) is 31.9 Å². The molecular formula is C21H29N3O6S. The van der Waals surface area contributed by atoms with Crippen LogP contribution in [-0.2, 0) is 24.2 Å². The lowest BCUT2D eigenvalue weighted by Gasteiger charge is -2.32. The van der Waals surface area contributed by atoms with Crippen LogP contribution in [-0.4, -0.2) is 79.9 Å². The largest absolute Gasteiger partial charge is 0.452 e. The molecule has 2 aliphatic rings. The Morgan fingerprint density at radius 3 is 2.35 bits per heavy atom. The van der Waals surface area contributed by atoms with Crippen molar-refractivity contribution in [1.82, 2.24) is 9.80 Å². The van der Waals surface area contributed by atoms with Gasteiger partial charge in [0.25, 0.3) is 5.91 Å². The lowest BCUT2D eigenvalue weighted by atomic mass is 9.97. The van der Waals surface area contributed by atoms with Crippen LogP contribution in [0.4, 0.5) is 10.5 Å². The quantitative estimate of drug-likeness (QED) is 0.679. The molecule has 3 rings (SSSR count). The summed E-state index contributed by atoms with van der Waals surface area (Å²) in [5.74, 6) is -1.24. The molecule has 9 nitrogen and oxygen atoms in total. The van der Waals surface area contributed by atoms with Crippen LogP contribution in [0.2, 0.25) is 0 Å². The van der Waals surface area contributed by atoms with Gasteiger partial charge < -0.3 is 19.9 Å². The van der Waals surface area contributed by atoms with Crippen molar-refractivity contribution < 1.29 is 27.5 Å². The predicted octanol–water partition coefficient (Wildman–Crippen LogP) is 1.51. The summed E-state index contributed by atoms with van der Waals surface area (Å²) in [6.07, 6.45) is 0.326. The fourth-order valence-corrected chi connectivity index (χ4v) is 5.69. The van der Waals surface area contributed by atoms with E-state index in [0.717, 1.165) is 0 Å². The minimum atomic E-state index is -3.11. The molecule has 170 valence electrons. The maximum absolute atomic E-state index is 12.6. The number of piperidine rings is 1. The predicted molar refractivity (Wildman–Crippen MR) is 115 cm³/mol. The topological polar surface area (TPSA) is 113 Å². The molecule has 2 atom stereocenters. The molecule has 0 unspecified atom stereocenters. The Morgan fingerprint density at radius 1 is 1.13 bits per heavy atom. The Balaban J connectivity index is 1.45. The maximum Gasteiger partial charge on any atom is 0.321 e. The molecule has 2 aliphatic heterocycles. The lowest BCUT2D eigenvalue weighted by molar-refractivity contribution is -0.163. The van der Waals surface area contributed by atoms with Gasteiger partial charge in [-0.2, -0.15) is 0 Å². The smallest absolute Gasteiger partial charge is 0.321 e. The van der Waals surface area contributed by atoms with Crippen molar-refractivity contribution in [3.63, 3.8) is 0 Å². The van der Waals surface area contributed by atoms with Crippen LogP contribution in [0.25, 0.3) is 0 Å². The third-order valence-corrected chi connectivity index (χ3v) is 7.64. The number of anilines is 1. The number of likely N-dealkylation sites (N-methyl/N-ethyl adjacent to an activating group) is 1. The highest BCUT2D eigenvalue weighted by Gasteiger charge is 2.36. The average molecular weight is 452 g/mol. The van der Waals surface area contributed by atoms with Gasteiger partial charge in [0.05, 0.1) is 17.4 Å². The summed E-state index contributed by atoms with van der Waals surface area (Å²) in [6.45, 7) is 2.34. The van der Waals surface area contributed by atoms with Crippen molar-refractivity contribution >= 4 is 33.4 Å². The summed E-state index contributed by atoms with van der Waals surface area (Å²) < 4.78 is 28.7. The Kier molecular flexibility index (Phi) is 7.19. The molecule has 0 saturated carbocycles. The highest BCUT2D eigenvalue weighted by molar-refractivity contribution is 7.91. The number of rotatable bonds is 5. The van der Waals surface area contributed by atoms with Gasteiger partial charge in [-0.15, -0.1) is 0 Å². The lowest BCUT2D eigenvalue weighted by Crippen LogP contribution is -2.46. The van der Waals surface area contributed by atoms with Crippen LogP contribution in [0.5, 0.6) is 0 Å². The number of esters is 1. The Bertz CT molecular complexity index is 912. The molecule has 31 heavy (non-hydrogen) atoms. The number of urea groups is 1. The molecule has 0 aliphatic carbocycles. The number of nitrogens with zero attached hydrogens (tertiary/aromatic N) is 2. The Morgan fingerprint density at radius 2 is 1.77 bits per heavy atom. The van der Waals surface area contributed by atoms with E-state index in [1.165, 1.54) is 11.8 Å². The SMILES string of the molecule is C[C@@H](OC(=O)C1CCN(C(=O)Nc2ccccc2)CC1)C(=O)N(C)[C@@H]1CCS(=O)(=O)C1. The molecule has 0 radical (unpaired) electrons. The first kappa shape index (κ1) is 23.1. The monoisotopic (exact) mass is 451 g/mol. The van der Waals surface area contributed by atoms with E-state index in [1.54, 1.807) is 24.1 Å². The highest BCUT2D eigenvalue weighted by atomic mass is 32.2. The third-order valence-electron chi connectivity index (χ3n) is 5.89. The third kappa shape index (κ3) is 5.96. The first-order valence-electron chi connectivity index (χ1n) is 10.4. The van der Waals surface area contributed by atoms with E-state index in [0.29, 0.717) is 38.0 Å². The second kappa shape index (κ2) is 9.67. The van der Waals surface area contributed by atoms with Gasteiger partial charge in [-0.1, -0.05) is 18.2 Å². The molecule has 10 heteroatoms. The fourth-order valence-electron chi connectivity index (χ4n) is 3.91. The van der Waals surface area contributed by atoms with Crippen molar-refractivity contribution in [2.75, 3.05) is 37.0 Å². The molecule has 2 heterocycles. The maximum atomic E-state index is 12.6. The van der Waals surface area contributed by atoms with Gasteiger partial charge in [0.2, 0.25) is 0 Å². The van der Waals surface area contributed by atoms with Crippen LogP contribution in [0.3, 0.4) is 0 Å². The summed E-state index contributed by atoms with van der Waals surface area (Å²) in [5.41, 5.74) is 0.709. The number of hydrogen-bond donors (Lipinski definition) is 1. The second-order valence-electron chi connectivity index (χ2n) is 8.14. The van der Waals surface area contributed by atoms with Crippen LogP contribution in [0.15, 0.2) is 30.3 Å². The van der Waals surface area contributed by atoms with Gasteiger partial charge in [0.15, 0.2) is 15.9 Å². The number of para-hydroxylation sites is 1. The normalized spacial score (nSPS) is 21.9. The molecule has 0 aromatic heterocycles. The number of amides is 3. The number of carbonyl (C=O) groups is 3. The van der Waals surface area contributed by atoms with Crippen LogP contribution >= 0.6 is 0 Å². The summed E-state index contributed by atoms with van der Waals surface area (Å²) in [5, 5.41) is 2.83. The zero-order valence-corrected chi connectivity index (χ0v) is 18.6. The van der Waals surface area contributed by atoms with Gasteiger partial charge >= 0.3 is 12.0 Å². The highest BCUT2D eigenvalue weighted by Crippen LogP contribution is 2.22. The molecule has 3 amide bonds. The summed E-state index contributed by atoms with van der Waals surface area (Å²) in [6, 6.07) is 8.55. The molecular weight excluding hydrogens is 422 g/mol. The fraction of sp³-hybridized carbons (Fsp3) is 0.571. The number of hydrogen-bond acceptors (Lipinski definition) is 6. The molecule has 0 spiro atoms. The molecule has 1 N–H and O–H groups in total. The number of carbonyl (C=O) groups excluding carboxylic acids is 3. The molecule has 2 saturated heterocycles. The second-order valence-corrected chi connectivity index (χ2v) is 10.4. The van der Waals surface area contributed by atoms with Crippen molar-refractivity contribution in [1.29, 1.82) is 0 Å². The first-order valence-corrected chi connectivity index (χ1v) is 12.3. The van der Waals surface area contributed by atoms with E-state index in [9.17, 15) is 22.8 Å².